The van der Waals surface area contributed by atoms with E-state index in [1.165, 1.54) is 0 Å². The summed E-state index contributed by atoms with van der Waals surface area (Å²) in [4.78, 5) is 12.0. The Hall–Kier alpha value is -2.75. The van der Waals surface area contributed by atoms with Crippen LogP contribution in [0.5, 0.6) is 5.75 Å². The standard InChI is InChI=1S/C21H24O4/c1-3-14-24-21(22)20(23-4-2)15-17-10-12-19(13-11-17)25-16-18-8-6-5-7-9-18/h5-13,15H,3-4,14,16H2,1-2H3. The van der Waals surface area contributed by atoms with Crippen LogP contribution in [-0.2, 0) is 20.9 Å². The van der Waals surface area contributed by atoms with Crippen LogP contribution in [0, 0.1) is 0 Å². The largest absolute Gasteiger partial charge is 0.489 e. The Morgan fingerprint density at radius 2 is 1.68 bits per heavy atom. The van der Waals surface area contributed by atoms with Crippen molar-refractivity contribution in [3.63, 3.8) is 0 Å². The summed E-state index contributed by atoms with van der Waals surface area (Å²) in [6, 6.07) is 17.5. The zero-order valence-electron chi connectivity index (χ0n) is 14.7. The third-order valence-corrected chi connectivity index (χ3v) is 3.36. The van der Waals surface area contributed by atoms with Crippen molar-refractivity contribution in [1.82, 2.24) is 0 Å². The minimum absolute atomic E-state index is 0.217. The van der Waals surface area contributed by atoms with Gasteiger partial charge in [-0.1, -0.05) is 49.4 Å². The summed E-state index contributed by atoms with van der Waals surface area (Å²) in [7, 11) is 0. The maximum Gasteiger partial charge on any atom is 0.373 e. The van der Waals surface area contributed by atoms with E-state index in [1.54, 1.807) is 6.08 Å². The minimum atomic E-state index is -0.437. The highest BCUT2D eigenvalue weighted by Gasteiger charge is 2.12. The third kappa shape index (κ3) is 6.34. The molecule has 0 heterocycles. The van der Waals surface area contributed by atoms with Crippen molar-refractivity contribution < 1.29 is 19.0 Å². The molecule has 0 amide bonds. The quantitative estimate of drug-likeness (QED) is 0.380. The molecule has 0 saturated heterocycles. The third-order valence-electron chi connectivity index (χ3n) is 3.36. The molecule has 4 nitrogen and oxygen atoms in total. The van der Waals surface area contributed by atoms with Crippen molar-refractivity contribution in [2.75, 3.05) is 13.2 Å². The number of esters is 1. The van der Waals surface area contributed by atoms with Crippen molar-refractivity contribution >= 4 is 12.0 Å². The number of benzene rings is 2. The molecule has 25 heavy (non-hydrogen) atoms. The van der Waals surface area contributed by atoms with E-state index in [1.807, 2.05) is 68.4 Å². The zero-order chi connectivity index (χ0) is 17.9. The highest BCUT2D eigenvalue weighted by Crippen LogP contribution is 2.17. The van der Waals surface area contributed by atoms with Gasteiger partial charge in [-0.3, -0.25) is 0 Å². The number of hydrogen-bond donors (Lipinski definition) is 0. The highest BCUT2D eigenvalue weighted by atomic mass is 16.6. The van der Waals surface area contributed by atoms with Gasteiger partial charge < -0.3 is 14.2 Å². The van der Waals surface area contributed by atoms with Crippen LogP contribution in [0.2, 0.25) is 0 Å². The summed E-state index contributed by atoms with van der Waals surface area (Å²) in [5, 5.41) is 0. The van der Waals surface area contributed by atoms with E-state index in [2.05, 4.69) is 0 Å². The monoisotopic (exact) mass is 340 g/mol. The second-order valence-electron chi connectivity index (χ2n) is 5.42. The molecule has 0 unspecified atom stereocenters. The van der Waals surface area contributed by atoms with Crippen LogP contribution in [0.25, 0.3) is 6.08 Å². The van der Waals surface area contributed by atoms with Crippen LogP contribution in [0.15, 0.2) is 60.4 Å². The topological polar surface area (TPSA) is 44.8 Å². The number of hydrogen-bond acceptors (Lipinski definition) is 4. The smallest absolute Gasteiger partial charge is 0.373 e. The molecule has 0 saturated carbocycles. The van der Waals surface area contributed by atoms with Crippen LogP contribution < -0.4 is 4.74 Å². The Labute approximate surface area is 149 Å². The van der Waals surface area contributed by atoms with Crippen LogP contribution in [-0.4, -0.2) is 19.2 Å². The molecular weight excluding hydrogens is 316 g/mol. The average molecular weight is 340 g/mol. The van der Waals surface area contributed by atoms with Crippen LogP contribution in [0.1, 0.15) is 31.4 Å². The molecule has 4 heteroatoms. The molecule has 0 spiro atoms. The van der Waals surface area contributed by atoms with Gasteiger partial charge in [-0.05, 0) is 42.7 Å². The highest BCUT2D eigenvalue weighted by molar-refractivity contribution is 5.91. The molecule has 0 aliphatic carbocycles. The molecular formula is C21H24O4. The molecule has 0 aliphatic heterocycles. The van der Waals surface area contributed by atoms with E-state index in [-0.39, 0.29) is 5.76 Å². The Morgan fingerprint density at radius 3 is 2.32 bits per heavy atom. The number of carbonyl (C=O) groups excluding carboxylic acids is 1. The molecule has 2 aromatic rings. The first-order chi connectivity index (χ1) is 12.2. The van der Waals surface area contributed by atoms with E-state index < -0.39 is 5.97 Å². The van der Waals surface area contributed by atoms with E-state index >= 15 is 0 Å². The molecule has 0 fully saturated rings. The van der Waals surface area contributed by atoms with Crippen LogP contribution >= 0.6 is 0 Å². The predicted molar refractivity (Wildman–Crippen MR) is 98.1 cm³/mol. The Kier molecular flexibility index (Phi) is 7.57. The first-order valence-corrected chi connectivity index (χ1v) is 8.51. The second-order valence-corrected chi connectivity index (χ2v) is 5.42. The normalized spacial score (nSPS) is 11.0. The summed E-state index contributed by atoms with van der Waals surface area (Å²) in [6.45, 7) is 5.09. The minimum Gasteiger partial charge on any atom is -0.489 e. The molecule has 2 rings (SSSR count). The van der Waals surface area contributed by atoms with E-state index in [9.17, 15) is 4.79 Å². The first-order valence-electron chi connectivity index (χ1n) is 8.51. The van der Waals surface area contributed by atoms with Gasteiger partial charge in [0.2, 0.25) is 5.76 Å². The maximum absolute atomic E-state index is 12.0. The van der Waals surface area contributed by atoms with Crippen molar-refractivity contribution in [2.24, 2.45) is 0 Å². The van der Waals surface area contributed by atoms with Gasteiger partial charge in [0.05, 0.1) is 13.2 Å². The lowest BCUT2D eigenvalue weighted by Crippen LogP contribution is -2.11. The van der Waals surface area contributed by atoms with Crippen LogP contribution in [0.4, 0.5) is 0 Å². The Bertz CT molecular complexity index is 675. The molecule has 0 aliphatic rings. The Morgan fingerprint density at radius 1 is 0.960 bits per heavy atom. The van der Waals surface area contributed by atoms with Crippen molar-refractivity contribution in [2.45, 2.75) is 26.9 Å². The van der Waals surface area contributed by atoms with Gasteiger partial charge >= 0.3 is 5.97 Å². The summed E-state index contributed by atoms with van der Waals surface area (Å²) in [5.74, 6) is 0.550. The lowest BCUT2D eigenvalue weighted by Gasteiger charge is -2.09. The second kappa shape index (κ2) is 10.2. The van der Waals surface area contributed by atoms with Gasteiger partial charge in [0.25, 0.3) is 0 Å². The number of ether oxygens (including phenoxy) is 3. The maximum atomic E-state index is 12.0. The molecule has 0 bridgehead atoms. The predicted octanol–water partition coefficient (Wildman–Crippen LogP) is 4.60. The first kappa shape index (κ1) is 18.6. The van der Waals surface area contributed by atoms with E-state index in [4.69, 9.17) is 14.2 Å². The number of rotatable bonds is 9. The average Bonchev–Trinajstić information content (AvgIpc) is 2.66. The van der Waals surface area contributed by atoms with Gasteiger partial charge in [0, 0.05) is 0 Å². The molecule has 0 aromatic heterocycles. The van der Waals surface area contributed by atoms with Crippen molar-refractivity contribution in [3.8, 4) is 5.75 Å². The van der Waals surface area contributed by atoms with Crippen LogP contribution in [0.3, 0.4) is 0 Å². The lowest BCUT2D eigenvalue weighted by atomic mass is 10.2. The van der Waals surface area contributed by atoms with Gasteiger partial charge in [0.15, 0.2) is 0 Å². The van der Waals surface area contributed by atoms with Gasteiger partial charge in [0.1, 0.15) is 12.4 Å². The molecule has 2 aromatic carbocycles. The molecule has 0 atom stereocenters. The fourth-order valence-electron chi connectivity index (χ4n) is 2.13. The van der Waals surface area contributed by atoms with Gasteiger partial charge in [-0.2, -0.15) is 0 Å². The fourth-order valence-corrected chi connectivity index (χ4v) is 2.13. The number of carbonyl (C=O) groups is 1. The van der Waals surface area contributed by atoms with E-state index in [0.29, 0.717) is 19.8 Å². The zero-order valence-corrected chi connectivity index (χ0v) is 14.7. The lowest BCUT2D eigenvalue weighted by molar-refractivity contribution is -0.142. The Balaban J connectivity index is 2.00. The SMILES string of the molecule is CCCOC(=O)C(=Cc1ccc(OCc2ccccc2)cc1)OCC. The molecule has 0 radical (unpaired) electrons. The summed E-state index contributed by atoms with van der Waals surface area (Å²) in [5.41, 5.74) is 1.97. The molecule has 132 valence electrons. The molecule has 0 N–H and O–H groups in total. The summed E-state index contributed by atoms with van der Waals surface area (Å²) >= 11 is 0. The van der Waals surface area contributed by atoms with Gasteiger partial charge in [-0.15, -0.1) is 0 Å². The summed E-state index contributed by atoms with van der Waals surface area (Å²) in [6.07, 6.45) is 2.46. The fraction of sp³-hybridized carbons (Fsp3) is 0.286. The van der Waals surface area contributed by atoms with Gasteiger partial charge in [-0.25, -0.2) is 4.79 Å². The van der Waals surface area contributed by atoms with Crippen molar-refractivity contribution in [3.05, 3.63) is 71.5 Å². The van der Waals surface area contributed by atoms with E-state index in [0.717, 1.165) is 23.3 Å². The van der Waals surface area contributed by atoms with Crippen molar-refractivity contribution in [1.29, 1.82) is 0 Å². The summed E-state index contributed by atoms with van der Waals surface area (Å²) < 4.78 is 16.3.